The second kappa shape index (κ2) is 7.87. The van der Waals surface area contributed by atoms with Gasteiger partial charge >= 0.3 is 0 Å². The van der Waals surface area contributed by atoms with E-state index in [1.807, 2.05) is 24.3 Å². The molecular formula is C17H12ClN3O4S2. The Balaban J connectivity index is 1.78. The first kappa shape index (κ1) is 19.0. The zero-order valence-corrected chi connectivity index (χ0v) is 16.2. The van der Waals surface area contributed by atoms with E-state index in [0.29, 0.717) is 15.6 Å². The van der Waals surface area contributed by atoms with Crippen molar-refractivity contribution in [3.05, 3.63) is 62.5 Å². The fourth-order valence-electron chi connectivity index (χ4n) is 2.37. The summed E-state index contributed by atoms with van der Waals surface area (Å²) in [5, 5.41) is 17.4. The Morgan fingerprint density at radius 3 is 2.70 bits per heavy atom. The van der Waals surface area contributed by atoms with Gasteiger partial charge in [-0.15, -0.1) is 11.3 Å². The Labute approximate surface area is 168 Å². The molecule has 10 heteroatoms. The number of hydrogen-bond donors (Lipinski definition) is 2. The number of anilines is 1. The van der Waals surface area contributed by atoms with Gasteiger partial charge in [-0.25, -0.2) is 0 Å². The quantitative estimate of drug-likeness (QED) is 0.363. The monoisotopic (exact) mass is 421 g/mol. The van der Waals surface area contributed by atoms with Crippen LogP contribution in [0.5, 0.6) is 5.75 Å². The number of nitro groups is 1. The van der Waals surface area contributed by atoms with E-state index >= 15 is 0 Å². The highest BCUT2D eigenvalue weighted by Crippen LogP contribution is 2.35. The first-order valence-corrected chi connectivity index (χ1v) is 9.12. The lowest BCUT2D eigenvalue weighted by atomic mass is 10.2. The van der Waals surface area contributed by atoms with Crippen LogP contribution in [0.25, 0.3) is 10.1 Å². The molecule has 138 valence electrons. The van der Waals surface area contributed by atoms with Gasteiger partial charge in [0.05, 0.1) is 23.1 Å². The first-order chi connectivity index (χ1) is 12.9. The summed E-state index contributed by atoms with van der Waals surface area (Å²) in [4.78, 5) is 23.5. The van der Waals surface area contributed by atoms with Gasteiger partial charge in [-0.1, -0.05) is 29.8 Å². The van der Waals surface area contributed by atoms with E-state index in [1.165, 1.54) is 30.6 Å². The van der Waals surface area contributed by atoms with Gasteiger partial charge in [0.1, 0.15) is 16.3 Å². The molecule has 1 aromatic heterocycles. The Kier molecular flexibility index (Phi) is 5.54. The molecule has 0 aliphatic rings. The molecule has 7 nitrogen and oxygen atoms in total. The molecule has 0 saturated carbocycles. The minimum atomic E-state index is -0.571. The fraction of sp³-hybridized carbons (Fsp3) is 0.0588. The second-order valence-corrected chi connectivity index (χ2v) is 7.13. The van der Waals surface area contributed by atoms with E-state index in [0.717, 1.165) is 10.1 Å². The number of thiocarbonyl (C=S) groups is 1. The summed E-state index contributed by atoms with van der Waals surface area (Å²) in [7, 11) is 1.41. The zero-order valence-electron chi connectivity index (χ0n) is 13.8. The molecule has 0 unspecified atom stereocenters. The highest BCUT2D eigenvalue weighted by atomic mass is 35.5. The molecule has 3 aromatic rings. The number of rotatable bonds is 4. The van der Waals surface area contributed by atoms with Crippen LogP contribution in [0.3, 0.4) is 0 Å². The van der Waals surface area contributed by atoms with E-state index in [1.54, 1.807) is 6.07 Å². The summed E-state index contributed by atoms with van der Waals surface area (Å²) in [5.41, 5.74) is -0.0978. The third-order valence-corrected chi connectivity index (χ3v) is 5.50. The SMILES string of the molecule is COc1ccc(NC(=S)NC(=O)c2sc3ccccc3c2Cl)c([N+](=O)[O-])c1. The number of fused-ring (bicyclic) bond motifs is 1. The summed E-state index contributed by atoms with van der Waals surface area (Å²) in [6.45, 7) is 0. The summed E-state index contributed by atoms with van der Waals surface area (Å²) < 4.78 is 5.85. The molecule has 0 spiro atoms. The Morgan fingerprint density at radius 1 is 1.30 bits per heavy atom. The molecule has 0 atom stereocenters. The largest absolute Gasteiger partial charge is 0.496 e. The van der Waals surface area contributed by atoms with Gasteiger partial charge in [0.25, 0.3) is 11.6 Å². The summed E-state index contributed by atoms with van der Waals surface area (Å²) in [6.07, 6.45) is 0. The number of nitrogens with one attached hydrogen (secondary N) is 2. The highest BCUT2D eigenvalue weighted by molar-refractivity contribution is 7.80. The molecule has 3 rings (SSSR count). The maximum atomic E-state index is 12.5. The molecule has 0 aliphatic heterocycles. The van der Waals surface area contributed by atoms with Crippen LogP contribution in [-0.4, -0.2) is 23.1 Å². The zero-order chi connectivity index (χ0) is 19.6. The molecule has 0 fully saturated rings. The molecular weight excluding hydrogens is 410 g/mol. The van der Waals surface area contributed by atoms with Crippen molar-refractivity contribution in [3.63, 3.8) is 0 Å². The molecule has 0 bridgehead atoms. The first-order valence-electron chi connectivity index (χ1n) is 7.52. The van der Waals surface area contributed by atoms with Crippen molar-refractivity contribution >= 4 is 67.6 Å². The van der Waals surface area contributed by atoms with Crippen LogP contribution in [0, 0.1) is 10.1 Å². The number of amides is 1. The third-order valence-electron chi connectivity index (χ3n) is 3.62. The van der Waals surface area contributed by atoms with Gasteiger partial charge in [0.15, 0.2) is 5.11 Å². The van der Waals surface area contributed by atoms with Crippen molar-refractivity contribution in [2.75, 3.05) is 12.4 Å². The van der Waals surface area contributed by atoms with Crippen LogP contribution in [0.1, 0.15) is 9.67 Å². The fourth-order valence-corrected chi connectivity index (χ4v) is 3.98. The number of nitro benzene ring substituents is 1. The van der Waals surface area contributed by atoms with Crippen molar-refractivity contribution in [2.45, 2.75) is 0 Å². The van der Waals surface area contributed by atoms with E-state index in [-0.39, 0.29) is 16.5 Å². The number of benzene rings is 2. The second-order valence-electron chi connectivity index (χ2n) is 5.29. The van der Waals surface area contributed by atoms with Crippen LogP contribution in [0.4, 0.5) is 11.4 Å². The molecule has 27 heavy (non-hydrogen) atoms. The molecule has 2 N–H and O–H groups in total. The predicted octanol–water partition coefficient (Wildman–Crippen LogP) is 4.60. The summed E-state index contributed by atoms with van der Waals surface area (Å²) >= 11 is 12.6. The van der Waals surface area contributed by atoms with Crippen LogP contribution < -0.4 is 15.4 Å². The number of methoxy groups -OCH3 is 1. The Morgan fingerprint density at radius 2 is 2.04 bits per heavy atom. The number of thiophene rings is 1. The maximum Gasteiger partial charge on any atom is 0.296 e. The number of halogens is 1. The van der Waals surface area contributed by atoms with E-state index in [2.05, 4.69) is 10.6 Å². The van der Waals surface area contributed by atoms with Gasteiger partial charge in [-0.2, -0.15) is 0 Å². The standard InChI is InChI=1S/C17H12ClN3O4S2/c1-25-9-6-7-11(12(8-9)21(23)24)19-17(26)20-16(22)15-14(18)10-4-2-3-5-13(10)27-15/h2-8H,1H3,(H2,19,20,22,26). The Bertz CT molecular complexity index is 1070. The molecule has 0 saturated heterocycles. The van der Waals surface area contributed by atoms with Crippen molar-refractivity contribution in [3.8, 4) is 5.75 Å². The number of hydrogen-bond acceptors (Lipinski definition) is 6. The van der Waals surface area contributed by atoms with Gasteiger partial charge < -0.3 is 10.1 Å². The summed E-state index contributed by atoms with van der Waals surface area (Å²) in [6, 6.07) is 11.6. The van der Waals surface area contributed by atoms with Gasteiger partial charge in [0.2, 0.25) is 0 Å². The average molecular weight is 422 g/mol. The van der Waals surface area contributed by atoms with Gasteiger partial charge in [-0.3, -0.25) is 20.2 Å². The summed E-state index contributed by atoms with van der Waals surface area (Å²) in [5.74, 6) is -0.158. The van der Waals surface area contributed by atoms with Crippen molar-refractivity contribution in [1.82, 2.24) is 5.32 Å². The average Bonchev–Trinajstić information content (AvgIpc) is 2.99. The molecule has 2 aromatic carbocycles. The van der Waals surface area contributed by atoms with E-state index < -0.39 is 10.8 Å². The normalized spacial score (nSPS) is 10.4. The van der Waals surface area contributed by atoms with Gasteiger partial charge in [-0.05, 0) is 30.4 Å². The Hall–Kier alpha value is -2.75. The topological polar surface area (TPSA) is 93.5 Å². The number of carbonyl (C=O) groups is 1. The van der Waals surface area contributed by atoms with E-state index in [4.69, 9.17) is 28.6 Å². The lowest BCUT2D eigenvalue weighted by molar-refractivity contribution is -0.384. The number of nitrogens with zero attached hydrogens (tertiary/aromatic N) is 1. The van der Waals surface area contributed by atoms with Crippen molar-refractivity contribution < 1.29 is 14.5 Å². The van der Waals surface area contributed by atoms with Crippen LogP contribution >= 0.6 is 35.2 Å². The van der Waals surface area contributed by atoms with Gasteiger partial charge in [0, 0.05) is 10.1 Å². The van der Waals surface area contributed by atoms with E-state index in [9.17, 15) is 14.9 Å². The van der Waals surface area contributed by atoms with Crippen LogP contribution in [0.2, 0.25) is 5.02 Å². The minimum Gasteiger partial charge on any atom is -0.496 e. The van der Waals surface area contributed by atoms with Crippen molar-refractivity contribution in [1.29, 1.82) is 0 Å². The highest BCUT2D eigenvalue weighted by Gasteiger charge is 2.20. The van der Waals surface area contributed by atoms with Crippen molar-refractivity contribution in [2.24, 2.45) is 0 Å². The van der Waals surface area contributed by atoms with Crippen LogP contribution in [0.15, 0.2) is 42.5 Å². The van der Waals surface area contributed by atoms with Crippen LogP contribution in [-0.2, 0) is 0 Å². The maximum absolute atomic E-state index is 12.5. The molecule has 1 heterocycles. The minimum absolute atomic E-state index is 0.0817. The third kappa shape index (κ3) is 4.00. The predicted molar refractivity (Wildman–Crippen MR) is 110 cm³/mol. The molecule has 0 radical (unpaired) electrons. The number of ether oxygens (including phenoxy) is 1. The molecule has 0 aliphatic carbocycles. The smallest absolute Gasteiger partial charge is 0.296 e. The number of carbonyl (C=O) groups excluding carboxylic acids is 1. The molecule has 1 amide bonds. The lowest BCUT2D eigenvalue weighted by Gasteiger charge is -2.10. The lowest BCUT2D eigenvalue weighted by Crippen LogP contribution is -2.34.